The Morgan fingerprint density at radius 1 is 1.22 bits per heavy atom. The summed E-state index contributed by atoms with van der Waals surface area (Å²) in [6, 6.07) is 9.81. The normalized spacial score (nSPS) is 21.6. The molecule has 5 atom stereocenters. The van der Waals surface area contributed by atoms with Crippen molar-refractivity contribution in [2.75, 3.05) is 18.7 Å². The highest BCUT2D eigenvalue weighted by molar-refractivity contribution is 7.52. The van der Waals surface area contributed by atoms with E-state index >= 15 is 0 Å². The zero-order valence-electron chi connectivity index (χ0n) is 24.8. The molecule has 1 aliphatic heterocycles. The number of anilines is 1. The molecule has 0 radical (unpaired) electrons. The molecule has 0 bridgehead atoms. The Hall–Kier alpha value is -3.04. The van der Waals surface area contributed by atoms with Gasteiger partial charge in [0.2, 0.25) is 0 Å². The zero-order valence-corrected chi connectivity index (χ0v) is 28.0. The van der Waals surface area contributed by atoms with E-state index in [1.54, 1.807) is 48.9 Å². The lowest BCUT2D eigenvalue weighted by molar-refractivity contribution is -0.146. The Kier molecular flexibility index (Phi) is 10.4. The van der Waals surface area contributed by atoms with Crippen LogP contribution >= 0.6 is 42.5 Å². The molecule has 4 unspecified atom stereocenters. The molecule has 1 fully saturated rings. The average Bonchev–Trinajstić information content (AvgIpc) is 3.56. The number of nitrogens with two attached hydrogens (primary N) is 1. The van der Waals surface area contributed by atoms with E-state index < -0.39 is 37.7 Å². The monoisotopic (exact) mass is 713 g/mol. The van der Waals surface area contributed by atoms with E-state index in [2.05, 4.69) is 20.0 Å². The van der Waals surface area contributed by atoms with Crippen LogP contribution in [0.1, 0.15) is 32.1 Å². The predicted octanol–water partition coefficient (Wildman–Crippen LogP) is 5.06. The van der Waals surface area contributed by atoms with Crippen molar-refractivity contribution in [2.45, 2.75) is 50.8 Å². The number of carbonyl (C=O) groups excluding carboxylic acids is 1. The SMILES string of the molecule is CC(NP(=O)(OCC1C[C@@](C)(O)C(n2cnc3c(N(C)N)ncnc32)O1)Oc1ccc(Cl)cc1)C(=O)OCc1c(Cl)cccc1Cl. The molecule has 0 saturated carbocycles. The van der Waals surface area contributed by atoms with Crippen LogP contribution in [0.25, 0.3) is 11.2 Å². The second kappa shape index (κ2) is 14.0. The van der Waals surface area contributed by atoms with Crippen molar-refractivity contribution >= 4 is 65.5 Å². The van der Waals surface area contributed by atoms with E-state index in [1.165, 1.54) is 36.7 Å². The molecule has 4 aromatic rings. The minimum absolute atomic E-state index is 0.0865. The van der Waals surface area contributed by atoms with Crippen LogP contribution in [-0.2, 0) is 30.0 Å². The Labute approximate surface area is 279 Å². The number of hydrazine groups is 1. The van der Waals surface area contributed by atoms with Gasteiger partial charge in [-0.1, -0.05) is 40.9 Å². The molecule has 2 aromatic carbocycles. The fraction of sp³-hybridized carbons (Fsp3) is 0.357. The second-order valence-corrected chi connectivity index (χ2v) is 13.7. The molecule has 5 rings (SSSR count). The topological polar surface area (TPSA) is 176 Å². The first-order chi connectivity index (χ1) is 21.8. The lowest BCUT2D eigenvalue weighted by atomic mass is 10.0. The summed E-state index contributed by atoms with van der Waals surface area (Å²) in [6.07, 6.45) is 1.18. The first-order valence-corrected chi connectivity index (χ1v) is 16.5. The smallest absolute Gasteiger partial charge is 0.459 e. The first-order valence-electron chi connectivity index (χ1n) is 13.9. The molecule has 4 N–H and O–H groups in total. The Morgan fingerprint density at radius 3 is 2.59 bits per heavy atom. The molecule has 0 spiro atoms. The second-order valence-electron chi connectivity index (χ2n) is 10.8. The van der Waals surface area contributed by atoms with Crippen molar-refractivity contribution in [3.05, 3.63) is 75.8 Å². The number of benzene rings is 2. The Morgan fingerprint density at radius 2 is 1.91 bits per heavy atom. The first kappa shape index (κ1) is 34.3. The average molecular weight is 715 g/mol. The van der Waals surface area contributed by atoms with Gasteiger partial charge in [-0.15, -0.1) is 0 Å². The largest absolute Gasteiger partial charge is 0.460 e. The molecule has 3 heterocycles. The number of aromatic nitrogens is 4. The van der Waals surface area contributed by atoms with Crippen molar-refractivity contribution in [1.82, 2.24) is 24.6 Å². The van der Waals surface area contributed by atoms with E-state index in [9.17, 15) is 14.5 Å². The number of fused-ring (bicyclic) bond motifs is 1. The third-order valence-corrected chi connectivity index (χ3v) is 9.62. The van der Waals surface area contributed by atoms with E-state index in [-0.39, 0.29) is 25.4 Å². The van der Waals surface area contributed by atoms with Crippen LogP contribution in [0, 0.1) is 0 Å². The number of nitrogens with zero attached hydrogens (tertiary/aromatic N) is 5. The standard InChI is InChI=1S/C28H31Cl3N7O7P/c1-16(26(39)42-13-20-21(30)5-4-6-22(20)31)36-46(41,45-18-9-7-17(29)8-10-18)43-12-19-11-28(2,40)27(44-19)38-15-35-23-24(37(3)32)33-14-34-25(23)38/h4-10,14-16,19,27,40H,11-13,32H2,1-3H3,(H,36,41)/t16?,19?,27?,28-,46?/m1/s1. The predicted molar refractivity (Wildman–Crippen MR) is 172 cm³/mol. The van der Waals surface area contributed by atoms with Gasteiger partial charge in [0.15, 0.2) is 23.2 Å². The van der Waals surface area contributed by atoms with E-state index in [0.29, 0.717) is 37.6 Å². The summed E-state index contributed by atoms with van der Waals surface area (Å²) < 4.78 is 38.7. The quantitative estimate of drug-likeness (QED) is 0.0769. The number of hydrogen-bond donors (Lipinski definition) is 3. The van der Waals surface area contributed by atoms with Crippen molar-refractivity contribution in [2.24, 2.45) is 5.84 Å². The van der Waals surface area contributed by atoms with Crippen LogP contribution in [0.4, 0.5) is 5.82 Å². The number of ether oxygens (including phenoxy) is 2. The molecule has 1 saturated heterocycles. The van der Waals surface area contributed by atoms with Gasteiger partial charge in [0, 0.05) is 34.1 Å². The fourth-order valence-electron chi connectivity index (χ4n) is 4.81. The summed E-state index contributed by atoms with van der Waals surface area (Å²) in [7, 11) is -2.66. The number of halogens is 3. The number of imidazole rings is 1. The third-order valence-electron chi connectivity index (χ3n) is 7.02. The summed E-state index contributed by atoms with van der Waals surface area (Å²) in [6.45, 7) is 2.52. The van der Waals surface area contributed by atoms with Gasteiger partial charge in [0.05, 0.1) is 19.0 Å². The van der Waals surface area contributed by atoms with Gasteiger partial charge in [-0.2, -0.15) is 5.09 Å². The van der Waals surface area contributed by atoms with Gasteiger partial charge >= 0.3 is 13.7 Å². The number of rotatable bonds is 12. The minimum atomic E-state index is -4.28. The Balaban J connectivity index is 1.30. The molecular formula is C28H31Cl3N7O7P. The lowest BCUT2D eigenvalue weighted by Crippen LogP contribution is -2.35. The maximum Gasteiger partial charge on any atom is 0.459 e. The van der Waals surface area contributed by atoms with Gasteiger partial charge in [-0.25, -0.2) is 25.4 Å². The van der Waals surface area contributed by atoms with E-state index in [4.69, 9.17) is 59.2 Å². The number of nitrogens with one attached hydrogen (secondary N) is 1. The molecular weight excluding hydrogens is 684 g/mol. The molecule has 0 aliphatic carbocycles. The highest BCUT2D eigenvalue weighted by Gasteiger charge is 2.47. The van der Waals surface area contributed by atoms with Crippen molar-refractivity contribution in [3.8, 4) is 5.75 Å². The van der Waals surface area contributed by atoms with Crippen LogP contribution in [0.3, 0.4) is 0 Å². The summed E-state index contributed by atoms with van der Waals surface area (Å²) >= 11 is 18.4. The summed E-state index contributed by atoms with van der Waals surface area (Å²) in [5.74, 6) is 5.65. The van der Waals surface area contributed by atoms with Crippen LogP contribution in [0.15, 0.2) is 55.1 Å². The van der Waals surface area contributed by atoms with Gasteiger partial charge in [-0.3, -0.25) is 18.9 Å². The van der Waals surface area contributed by atoms with Gasteiger partial charge in [0.1, 0.15) is 30.3 Å². The van der Waals surface area contributed by atoms with Crippen LogP contribution in [0.2, 0.25) is 15.1 Å². The van der Waals surface area contributed by atoms with Crippen molar-refractivity contribution < 1.29 is 33.0 Å². The molecule has 1 aliphatic rings. The molecule has 0 amide bonds. The van der Waals surface area contributed by atoms with Crippen LogP contribution in [0.5, 0.6) is 5.75 Å². The Bertz CT molecular complexity index is 1740. The lowest BCUT2D eigenvalue weighted by Gasteiger charge is -2.25. The highest BCUT2D eigenvalue weighted by atomic mass is 35.5. The zero-order chi connectivity index (χ0) is 33.2. The summed E-state index contributed by atoms with van der Waals surface area (Å²) in [4.78, 5) is 25.7. The van der Waals surface area contributed by atoms with Crippen molar-refractivity contribution in [3.63, 3.8) is 0 Å². The fourth-order valence-corrected chi connectivity index (χ4v) is 6.96. The summed E-state index contributed by atoms with van der Waals surface area (Å²) in [5, 5.41) is 16.3. The molecule has 2 aromatic heterocycles. The molecule has 46 heavy (non-hydrogen) atoms. The number of hydrogen-bond acceptors (Lipinski definition) is 12. The molecule has 14 nitrogen and oxygen atoms in total. The summed E-state index contributed by atoms with van der Waals surface area (Å²) in [5.41, 5.74) is -0.189. The highest BCUT2D eigenvalue weighted by Crippen LogP contribution is 2.47. The minimum Gasteiger partial charge on any atom is -0.460 e. The van der Waals surface area contributed by atoms with E-state index in [1.807, 2.05) is 0 Å². The number of esters is 1. The van der Waals surface area contributed by atoms with Gasteiger partial charge < -0.3 is 19.1 Å². The van der Waals surface area contributed by atoms with E-state index in [0.717, 1.165) is 0 Å². The molecule has 246 valence electrons. The number of aliphatic hydroxyl groups is 1. The number of carbonyl (C=O) groups is 1. The molecule has 18 heteroatoms. The van der Waals surface area contributed by atoms with Gasteiger partial charge in [0.25, 0.3) is 0 Å². The van der Waals surface area contributed by atoms with Crippen molar-refractivity contribution in [1.29, 1.82) is 0 Å². The third kappa shape index (κ3) is 7.73. The maximum absolute atomic E-state index is 14.1. The van der Waals surface area contributed by atoms with Crippen LogP contribution < -0.4 is 20.5 Å². The van der Waals surface area contributed by atoms with Crippen LogP contribution in [-0.4, -0.2) is 62.0 Å². The van der Waals surface area contributed by atoms with Gasteiger partial charge in [-0.05, 0) is 50.2 Å². The maximum atomic E-state index is 14.1.